The maximum Gasteiger partial charge on any atom is 0.227 e. The molecule has 0 saturated carbocycles. The van der Waals surface area contributed by atoms with Crippen molar-refractivity contribution in [2.45, 2.75) is 19.4 Å². The molecular formula is C14H22N4O3. The van der Waals surface area contributed by atoms with E-state index >= 15 is 0 Å². The quantitative estimate of drug-likeness (QED) is 0.816. The molecule has 1 aromatic rings. The fourth-order valence-corrected chi connectivity index (χ4v) is 2.53. The number of aromatic nitrogens is 2. The zero-order valence-electron chi connectivity index (χ0n) is 12.5. The van der Waals surface area contributed by atoms with E-state index in [9.17, 15) is 9.59 Å². The van der Waals surface area contributed by atoms with Crippen molar-refractivity contribution < 1.29 is 14.3 Å². The van der Waals surface area contributed by atoms with E-state index < -0.39 is 0 Å². The highest BCUT2D eigenvalue weighted by molar-refractivity contribution is 5.83. The molecule has 21 heavy (non-hydrogen) atoms. The van der Waals surface area contributed by atoms with E-state index in [1.54, 1.807) is 36.4 Å². The maximum absolute atomic E-state index is 12.5. The summed E-state index contributed by atoms with van der Waals surface area (Å²) in [6.07, 6.45) is 4.44. The van der Waals surface area contributed by atoms with E-state index in [-0.39, 0.29) is 17.7 Å². The van der Waals surface area contributed by atoms with Gasteiger partial charge in [0.05, 0.1) is 19.1 Å². The van der Waals surface area contributed by atoms with Crippen LogP contribution in [-0.2, 0) is 20.9 Å². The van der Waals surface area contributed by atoms with Gasteiger partial charge in [-0.15, -0.1) is 0 Å². The largest absolute Gasteiger partial charge is 0.383 e. The van der Waals surface area contributed by atoms with Crippen LogP contribution >= 0.6 is 0 Å². The molecule has 0 aromatic carbocycles. The Morgan fingerprint density at radius 3 is 3.10 bits per heavy atom. The Balaban J connectivity index is 1.90. The van der Waals surface area contributed by atoms with Gasteiger partial charge in [0.25, 0.3) is 0 Å². The third-order valence-corrected chi connectivity index (χ3v) is 3.73. The van der Waals surface area contributed by atoms with Crippen molar-refractivity contribution in [3.8, 4) is 0 Å². The fourth-order valence-electron chi connectivity index (χ4n) is 2.53. The van der Waals surface area contributed by atoms with Crippen molar-refractivity contribution in [3.05, 3.63) is 18.2 Å². The summed E-state index contributed by atoms with van der Waals surface area (Å²) in [6, 6.07) is 0. The Morgan fingerprint density at radius 1 is 1.62 bits per heavy atom. The molecule has 2 rings (SSSR count). The summed E-state index contributed by atoms with van der Waals surface area (Å²) >= 11 is 0. The van der Waals surface area contributed by atoms with Crippen LogP contribution in [0.5, 0.6) is 0 Å². The monoisotopic (exact) mass is 294 g/mol. The molecule has 116 valence electrons. The molecule has 1 aliphatic heterocycles. The summed E-state index contributed by atoms with van der Waals surface area (Å²) in [5, 5.41) is 0. The van der Waals surface area contributed by atoms with Gasteiger partial charge in [-0.1, -0.05) is 0 Å². The van der Waals surface area contributed by atoms with E-state index in [2.05, 4.69) is 9.97 Å². The van der Waals surface area contributed by atoms with Gasteiger partial charge >= 0.3 is 0 Å². The normalized spacial score (nSPS) is 18.9. The standard InChI is InChI=1S/C14H22N4O3/c1-17(10-12-15-5-6-16-12)14(20)11-3-4-13(19)18(9-11)7-8-21-2/h5-6,11H,3-4,7-10H2,1-2H3,(H,15,16)/t11-/m0/s1. The number of imidazole rings is 1. The average Bonchev–Trinajstić information content (AvgIpc) is 2.98. The molecule has 1 aliphatic rings. The van der Waals surface area contributed by atoms with Gasteiger partial charge < -0.3 is 19.5 Å². The molecule has 1 N–H and O–H groups in total. The number of carbonyl (C=O) groups is 2. The maximum atomic E-state index is 12.5. The van der Waals surface area contributed by atoms with Crippen LogP contribution in [0.3, 0.4) is 0 Å². The van der Waals surface area contributed by atoms with Gasteiger partial charge in [-0.2, -0.15) is 0 Å². The number of H-pyrrole nitrogens is 1. The number of piperidine rings is 1. The van der Waals surface area contributed by atoms with Crippen LogP contribution in [-0.4, -0.2) is 65.4 Å². The van der Waals surface area contributed by atoms with Gasteiger partial charge in [0.1, 0.15) is 5.82 Å². The molecular weight excluding hydrogens is 272 g/mol. The third-order valence-electron chi connectivity index (χ3n) is 3.73. The van der Waals surface area contributed by atoms with Gasteiger partial charge in [0, 0.05) is 46.1 Å². The number of hydrogen-bond acceptors (Lipinski definition) is 4. The van der Waals surface area contributed by atoms with Crippen molar-refractivity contribution in [1.82, 2.24) is 19.8 Å². The second-order valence-electron chi connectivity index (χ2n) is 5.30. The van der Waals surface area contributed by atoms with E-state index in [1.807, 2.05) is 0 Å². The fraction of sp³-hybridized carbons (Fsp3) is 0.643. The van der Waals surface area contributed by atoms with Crippen LogP contribution in [0.4, 0.5) is 0 Å². The molecule has 7 heteroatoms. The number of nitrogens with one attached hydrogen (secondary N) is 1. The van der Waals surface area contributed by atoms with Crippen molar-refractivity contribution in [1.29, 1.82) is 0 Å². The summed E-state index contributed by atoms with van der Waals surface area (Å²) in [7, 11) is 3.37. The summed E-state index contributed by atoms with van der Waals surface area (Å²) in [4.78, 5) is 34.8. The lowest BCUT2D eigenvalue weighted by Gasteiger charge is -2.33. The van der Waals surface area contributed by atoms with E-state index in [0.717, 1.165) is 5.82 Å². The van der Waals surface area contributed by atoms with Gasteiger partial charge in [0.2, 0.25) is 11.8 Å². The summed E-state index contributed by atoms with van der Waals surface area (Å²) in [5.74, 6) is 0.777. The highest BCUT2D eigenvalue weighted by Crippen LogP contribution is 2.19. The van der Waals surface area contributed by atoms with Gasteiger partial charge in [-0.05, 0) is 6.42 Å². The minimum atomic E-state index is -0.139. The highest BCUT2D eigenvalue weighted by Gasteiger charge is 2.31. The highest BCUT2D eigenvalue weighted by atomic mass is 16.5. The first kappa shape index (κ1) is 15.5. The first-order valence-electron chi connectivity index (χ1n) is 7.11. The Hall–Kier alpha value is -1.89. The number of methoxy groups -OCH3 is 1. The Morgan fingerprint density at radius 2 is 2.43 bits per heavy atom. The third kappa shape index (κ3) is 4.04. The topological polar surface area (TPSA) is 78.5 Å². The van der Waals surface area contributed by atoms with Crippen molar-refractivity contribution in [2.24, 2.45) is 5.92 Å². The van der Waals surface area contributed by atoms with Crippen LogP contribution in [0.1, 0.15) is 18.7 Å². The Bertz CT molecular complexity index is 475. The first-order chi connectivity index (χ1) is 10.1. The van der Waals surface area contributed by atoms with Crippen molar-refractivity contribution in [2.75, 3.05) is 33.9 Å². The van der Waals surface area contributed by atoms with E-state index in [4.69, 9.17) is 4.74 Å². The Kier molecular flexibility index (Phi) is 5.32. The van der Waals surface area contributed by atoms with Gasteiger partial charge in [-0.3, -0.25) is 9.59 Å². The zero-order chi connectivity index (χ0) is 15.2. The molecule has 7 nitrogen and oxygen atoms in total. The van der Waals surface area contributed by atoms with Crippen LogP contribution in [0.15, 0.2) is 12.4 Å². The number of ether oxygens (including phenoxy) is 1. The summed E-state index contributed by atoms with van der Waals surface area (Å²) in [5.41, 5.74) is 0. The number of likely N-dealkylation sites (tertiary alicyclic amines) is 1. The molecule has 1 fully saturated rings. The lowest BCUT2D eigenvalue weighted by atomic mass is 9.96. The molecule has 0 aliphatic carbocycles. The molecule has 0 spiro atoms. The van der Waals surface area contributed by atoms with Crippen LogP contribution in [0.25, 0.3) is 0 Å². The molecule has 0 bridgehead atoms. The van der Waals surface area contributed by atoms with Crippen LogP contribution in [0.2, 0.25) is 0 Å². The van der Waals surface area contributed by atoms with Crippen LogP contribution in [0, 0.1) is 5.92 Å². The zero-order valence-corrected chi connectivity index (χ0v) is 12.5. The molecule has 1 aromatic heterocycles. The molecule has 1 atom stereocenters. The van der Waals surface area contributed by atoms with E-state index in [1.165, 1.54) is 0 Å². The molecule has 1 saturated heterocycles. The second kappa shape index (κ2) is 7.21. The van der Waals surface area contributed by atoms with Crippen molar-refractivity contribution >= 4 is 11.8 Å². The lowest BCUT2D eigenvalue weighted by molar-refractivity contribution is -0.143. The van der Waals surface area contributed by atoms with Crippen molar-refractivity contribution in [3.63, 3.8) is 0 Å². The van der Waals surface area contributed by atoms with Gasteiger partial charge in [-0.25, -0.2) is 4.98 Å². The number of rotatable bonds is 6. The average molecular weight is 294 g/mol. The number of amides is 2. The SMILES string of the molecule is COCCN1C[C@@H](C(=O)N(C)Cc2ncc[nH]2)CCC1=O. The first-order valence-corrected chi connectivity index (χ1v) is 7.11. The van der Waals surface area contributed by atoms with Crippen LogP contribution < -0.4 is 0 Å². The summed E-state index contributed by atoms with van der Waals surface area (Å²) in [6.45, 7) is 1.97. The number of carbonyl (C=O) groups excluding carboxylic acids is 2. The molecule has 2 heterocycles. The molecule has 2 amide bonds. The summed E-state index contributed by atoms with van der Waals surface area (Å²) < 4.78 is 5.00. The number of aromatic amines is 1. The minimum Gasteiger partial charge on any atom is -0.383 e. The molecule has 0 unspecified atom stereocenters. The van der Waals surface area contributed by atoms with Gasteiger partial charge in [0.15, 0.2) is 0 Å². The smallest absolute Gasteiger partial charge is 0.227 e. The predicted octanol–water partition coefficient (Wildman–Crippen LogP) is 0.253. The number of hydrogen-bond donors (Lipinski definition) is 1. The molecule has 0 radical (unpaired) electrons. The second-order valence-corrected chi connectivity index (χ2v) is 5.30. The Labute approximate surface area is 124 Å². The lowest BCUT2D eigenvalue weighted by Crippen LogP contribution is -2.47. The minimum absolute atomic E-state index is 0.0568. The van der Waals surface area contributed by atoms with E-state index in [0.29, 0.717) is 39.1 Å². The predicted molar refractivity (Wildman–Crippen MR) is 76.2 cm³/mol. The number of nitrogens with zero attached hydrogens (tertiary/aromatic N) is 3.